The van der Waals surface area contributed by atoms with Gasteiger partial charge in [-0.15, -0.1) is 0 Å². The van der Waals surface area contributed by atoms with Crippen molar-refractivity contribution in [3.05, 3.63) is 108 Å². The lowest BCUT2D eigenvalue weighted by Crippen LogP contribution is -2.49. The number of carbonyl (C=O) groups is 1. The standard InChI is InChI=1S/C27H30N2O3/c1-28(25(21-11-5-2-6-12-21)20-29-18-17-24(30)19-29)26(31)27(32,22-13-7-3-8-14-22)23-15-9-4-10-16-23/h2-16,24-25,30,32H,17-20H2,1H3/t24-,25+/m0/s1. The summed E-state index contributed by atoms with van der Waals surface area (Å²) in [5, 5.41) is 21.9. The van der Waals surface area contributed by atoms with Gasteiger partial charge in [0.15, 0.2) is 5.60 Å². The summed E-state index contributed by atoms with van der Waals surface area (Å²) in [5.41, 5.74) is 0.251. The fourth-order valence-corrected chi connectivity index (χ4v) is 4.52. The number of hydrogen-bond donors (Lipinski definition) is 2. The highest BCUT2D eigenvalue weighted by molar-refractivity contribution is 5.90. The fraction of sp³-hybridized carbons (Fsp3) is 0.296. The van der Waals surface area contributed by atoms with Crippen LogP contribution < -0.4 is 0 Å². The van der Waals surface area contributed by atoms with Gasteiger partial charge in [-0.2, -0.15) is 0 Å². The molecule has 0 aliphatic carbocycles. The third-order valence-electron chi connectivity index (χ3n) is 6.34. The summed E-state index contributed by atoms with van der Waals surface area (Å²) >= 11 is 0. The lowest BCUT2D eigenvalue weighted by Gasteiger charge is -2.38. The first kappa shape index (κ1) is 22.2. The topological polar surface area (TPSA) is 64.0 Å². The highest BCUT2D eigenvalue weighted by atomic mass is 16.3. The van der Waals surface area contributed by atoms with E-state index in [0.29, 0.717) is 24.2 Å². The summed E-state index contributed by atoms with van der Waals surface area (Å²) in [6, 6.07) is 27.8. The minimum Gasteiger partial charge on any atom is -0.392 e. The molecule has 1 amide bonds. The third kappa shape index (κ3) is 4.46. The van der Waals surface area contributed by atoms with Gasteiger partial charge in [0.2, 0.25) is 0 Å². The molecule has 0 unspecified atom stereocenters. The van der Waals surface area contributed by atoms with Crippen LogP contribution in [0.25, 0.3) is 0 Å². The summed E-state index contributed by atoms with van der Waals surface area (Å²) in [6.45, 7) is 1.96. The number of β-amino-alcohol motifs (C(OH)–C–C–N with tert-alkyl or cyclic N) is 1. The molecule has 0 aromatic heterocycles. The van der Waals surface area contributed by atoms with Crippen molar-refractivity contribution in [3.63, 3.8) is 0 Å². The largest absolute Gasteiger partial charge is 0.392 e. The first-order chi connectivity index (χ1) is 15.5. The number of hydrogen-bond acceptors (Lipinski definition) is 4. The van der Waals surface area contributed by atoms with Crippen molar-refractivity contribution in [1.29, 1.82) is 0 Å². The zero-order chi connectivity index (χ0) is 22.6. The van der Waals surface area contributed by atoms with Crippen molar-refractivity contribution in [2.24, 2.45) is 0 Å². The molecule has 0 spiro atoms. The normalized spacial score (nSPS) is 17.8. The van der Waals surface area contributed by atoms with Crippen LogP contribution in [-0.2, 0) is 10.4 Å². The molecular weight excluding hydrogens is 400 g/mol. The number of amides is 1. The molecule has 1 aliphatic rings. The average Bonchev–Trinajstić information content (AvgIpc) is 3.27. The maximum Gasteiger partial charge on any atom is 0.264 e. The number of aliphatic hydroxyl groups is 2. The predicted molar refractivity (Wildman–Crippen MR) is 125 cm³/mol. The second-order valence-corrected chi connectivity index (χ2v) is 8.49. The van der Waals surface area contributed by atoms with Crippen LogP contribution >= 0.6 is 0 Å². The maximum absolute atomic E-state index is 14.0. The number of carbonyl (C=O) groups excluding carboxylic acids is 1. The molecule has 32 heavy (non-hydrogen) atoms. The Labute approximate surface area is 189 Å². The SMILES string of the molecule is CN(C(=O)C(O)(c1ccccc1)c1ccccc1)[C@H](CN1CC[C@H](O)C1)c1ccccc1. The van der Waals surface area contributed by atoms with Crippen LogP contribution in [0.4, 0.5) is 0 Å². The Morgan fingerprint density at radius 1 is 0.969 bits per heavy atom. The molecule has 0 bridgehead atoms. The summed E-state index contributed by atoms with van der Waals surface area (Å²) in [4.78, 5) is 17.9. The molecule has 5 nitrogen and oxygen atoms in total. The Balaban J connectivity index is 1.72. The quantitative estimate of drug-likeness (QED) is 0.604. The molecule has 0 radical (unpaired) electrons. The Bertz CT molecular complexity index is 971. The number of rotatable bonds is 7. The number of likely N-dealkylation sites (tertiary alicyclic amines) is 1. The van der Waals surface area contributed by atoms with E-state index in [1.807, 2.05) is 66.7 Å². The highest BCUT2D eigenvalue weighted by Crippen LogP contribution is 2.34. The van der Waals surface area contributed by atoms with E-state index < -0.39 is 5.60 Å². The van der Waals surface area contributed by atoms with Crippen LogP contribution in [0.15, 0.2) is 91.0 Å². The van der Waals surface area contributed by atoms with Gasteiger partial charge in [-0.05, 0) is 23.1 Å². The molecule has 4 rings (SSSR count). The van der Waals surface area contributed by atoms with Crippen molar-refractivity contribution in [1.82, 2.24) is 9.80 Å². The van der Waals surface area contributed by atoms with Gasteiger partial charge in [0, 0.05) is 26.7 Å². The monoisotopic (exact) mass is 430 g/mol. The number of benzene rings is 3. The van der Waals surface area contributed by atoms with Crippen LogP contribution in [-0.4, -0.2) is 58.7 Å². The van der Waals surface area contributed by atoms with Gasteiger partial charge >= 0.3 is 0 Å². The zero-order valence-electron chi connectivity index (χ0n) is 18.3. The smallest absolute Gasteiger partial charge is 0.264 e. The molecule has 1 heterocycles. The molecule has 2 N–H and O–H groups in total. The summed E-state index contributed by atoms with van der Waals surface area (Å²) in [6.07, 6.45) is 0.398. The Morgan fingerprint density at radius 3 is 1.94 bits per heavy atom. The van der Waals surface area contributed by atoms with E-state index in [4.69, 9.17) is 0 Å². The summed E-state index contributed by atoms with van der Waals surface area (Å²) in [7, 11) is 1.75. The van der Waals surface area contributed by atoms with Gasteiger partial charge in [0.1, 0.15) is 0 Å². The summed E-state index contributed by atoms with van der Waals surface area (Å²) in [5.74, 6) is -0.386. The molecular formula is C27H30N2O3. The van der Waals surface area contributed by atoms with Gasteiger partial charge in [-0.25, -0.2) is 0 Å². The minimum absolute atomic E-state index is 0.270. The van der Waals surface area contributed by atoms with Crippen LogP contribution in [0.5, 0.6) is 0 Å². The van der Waals surface area contributed by atoms with Gasteiger partial charge in [0.05, 0.1) is 12.1 Å². The zero-order valence-corrected chi connectivity index (χ0v) is 18.3. The third-order valence-corrected chi connectivity index (χ3v) is 6.34. The van der Waals surface area contributed by atoms with Gasteiger partial charge in [0.25, 0.3) is 5.91 Å². The first-order valence-corrected chi connectivity index (χ1v) is 11.1. The Hall–Kier alpha value is -2.99. The molecule has 1 aliphatic heterocycles. The molecule has 3 aromatic rings. The van der Waals surface area contributed by atoms with E-state index >= 15 is 0 Å². The van der Waals surface area contributed by atoms with E-state index in [1.165, 1.54) is 0 Å². The average molecular weight is 431 g/mol. The van der Waals surface area contributed by atoms with E-state index in [0.717, 1.165) is 18.5 Å². The Kier molecular flexibility index (Phi) is 6.70. The van der Waals surface area contributed by atoms with Crippen molar-refractivity contribution in [3.8, 4) is 0 Å². The van der Waals surface area contributed by atoms with E-state index in [9.17, 15) is 15.0 Å². The van der Waals surface area contributed by atoms with E-state index in [1.54, 1.807) is 36.2 Å². The summed E-state index contributed by atoms with van der Waals surface area (Å²) < 4.78 is 0. The lowest BCUT2D eigenvalue weighted by molar-refractivity contribution is -0.149. The van der Waals surface area contributed by atoms with Gasteiger partial charge in [-0.3, -0.25) is 9.69 Å². The van der Waals surface area contributed by atoms with Crippen molar-refractivity contribution < 1.29 is 15.0 Å². The first-order valence-electron chi connectivity index (χ1n) is 11.1. The maximum atomic E-state index is 14.0. The van der Waals surface area contributed by atoms with Gasteiger partial charge < -0.3 is 15.1 Å². The molecule has 1 fully saturated rings. The van der Waals surface area contributed by atoms with E-state index in [2.05, 4.69) is 4.90 Å². The van der Waals surface area contributed by atoms with Crippen LogP contribution in [0.2, 0.25) is 0 Å². The number of likely N-dealkylation sites (N-methyl/N-ethyl adjacent to an activating group) is 1. The van der Waals surface area contributed by atoms with Crippen molar-refractivity contribution in [2.45, 2.75) is 24.2 Å². The number of nitrogens with zero attached hydrogens (tertiary/aromatic N) is 2. The fourth-order valence-electron chi connectivity index (χ4n) is 4.52. The van der Waals surface area contributed by atoms with Gasteiger partial charge in [-0.1, -0.05) is 91.0 Å². The van der Waals surface area contributed by atoms with Crippen LogP contribution in [0.1, 0.15) is 29.2 Å². The highest BCUT2D eigenvalue weighted by Gasteiger charge is 2.44. The van der Waals surface area contributed by atoms with Crippen molar-refractivity contribution in [2.75, 3.05) is 26.7 Å². The minimum atomic E-state index is -1.81. The lowest BCUT2D eigenvalue weighted by atomic mass is 9.84. The van der Waals surface area contributed by atoms with Crippen LogP contribution in [0.3, 0.4) is 0 Å². The van der Waals surface area contributed by atoms with E-state index in [-0.39, 0.29) is 18.1 Å². The molecule has 2 atom stereocenters. The van der Waals surface area contributed by atoms with Crippen LogP contribution in [0, 0.1) is 0 Å². The van der Waals surface area contributed by atoms with Crippen molar-refractivity contribution >= 4 is 5.91 Å². The predicted octanol–water partition coefficient (Wildman–Crippen LogP) is 3.19. The molecule has 1 saturated heterocycles. The molecule has 0 saturated carbocycles. The molecule has 3 aromatic carbocycles. The molecule has 5 heteroatoms. The Morgan fingerprint density at radius 2 is 1.47 bits per heavy atom. The second-order valence-electron chi connectivity index (χ2n) is 8.49. The molecule has 166 valence electrons. The second kappa shape index (κ2) is 9.65. The number of aliphatic hydroxyl groups excluding tert-OH is 1.